The minimum Gasteiger partial charge on any atom is -0.293 e. The van der Waals surface area contributed by atoms with Crippen LogP contribution in [0.1, 0.15) is 35.3 Å². The Bertz CT molecular complexity index is 369. The van der Waals surface area contributed by atoms with Gasteiger partial charge in [-0.15, -0.1) is 0 Å². The van der Waals surface area contributed by atoms with Crippen LogP contribution in [-0.2, 0) is 0 Å². The van der Waals surface area contributed by atoms with Crippen molar-refractivity contribution in [2.24, 2.45) is 5.92 Å². The Morgan fingerprint density at radius 3 is 2.62 bits per heavy atom. The Labute approximate surface area is 103 Å². The van der Waals surface area contributed by atoms with E-state index in [9.17, 15) is 4.79 Å². The second-order valence-corrected chi connectivity index (χ2v) is 5.68. The summed E-state index contributed by atoms with van der Waals surface area (Å²) in [6.45, 7) is 8.38. The van der Waals surface area contributed by atoms with Gasteiger partial charge in [-0.25, -0.2) is 0 Å². The lowest BCUT2D eigenvalue weighted by molar-refractivity contribution is 0.102. The van der Waals surface area contributed by atoms with E-state index in [0.717, 1.165) is 22.4 Å². The fourth-order valence-electron chi connectivity index (χ4n) is 1.50. The fourth-order valence-corrected chi connectivity index (χ4v) is 2.43. The number of rotatable bonds is 5. The van der Waals surface area contributed by atoms with Gasteiger partial charge >= 0.3 is 0 Å². The molecule has 0 unspecified atom stereocenters. The van der Waals surface area contributed by atoms with Crippen molar-refractivity contribution >= 4 is 17.5 Å². The molecule has 0 aliphatic carbocycles. The molecule has 0 fully saturated rings. The van der Waals surface area contributed by atoms with Crippen LogP contribution in [0.3, 0.4) is 0 Å². The predicted molar refractivity (Wildman–Crippen MR) is 72.4 cm³/mol. The molecule has 1 rings (SSSR count). The van der Waals surface area contributed by atoms with E-state index >= 15 is 0 Å². The summed E-state index contributed by atoms with van der Waals surface area (Å²) in [7, 11) is 0. The minimum absolute atomic E-state index is 0.256. The van der Waals surface area contributed by atoms with Gasteiger partial charge in [-0.05, 0) is 37.1 Å². The Morgan fingerprint density at radius 2 is 2.00 bits per heavy atom. The number of hydrogen-bond donors (Lipinski definition) is 0. The normalized spacial score (nSPS) is 10.8. The number of carbonyl (C=O) groups excluding carboxylic acids is 1. The van der Waals surface area contributed by atoms with Gasteiger partial charge in [-0.2, -0.15) is 11.8 Å². The first kappa shape index (κ1) is 13.3. The summed E-state index contributed by atoms with van der Waals surface area (Å²) in [5.41, 5.74) is 3.12. The third-order valence-electron chi connectivity index (χ3n) is 2.38. The average molecular weight is 236 g/mol. The van der Waals surface area contributed by atoms with E-state index in [2.05, 4.69) is 13.8 Å². The van der Waals surface area contributed by atoms with Gasteiger partial charge in [0.1, 0.15) is 0 Å². The van der Waals surface area contributed by atoms with E-state index in [-0.39, 0.29) is 5.78 Å². The number of carbonyl (C=O) groups is 1. The monoisotopic (exact) mass is 236 g/mol. The highest BCUT2D eigenvalue weighted by atomic mass is 32.2. The van der Waals surface area contributed by atoms with Crippen molar-refractivity contribution in [1.82, 2.24) is 0 Å². The average Bonchev–Trinajstić information content (AvgIpc) is 2.21. The molecular formula is C14H20OS. The molecule has 0 bridgehead atoms. The summed E-state index contributed by atoms with van der Waals surface area (Å²) in [6.07, 6.45) is 0. The van der Waals surface area contributed by atoms with E-state index in [1.54, 1.807) is 11.8 Å². The van der Waals surface area contributed by atoms with Gasteiger partial charge in [0.25, 0.3) is 0 Å². The highest BCUT2D eigenvalue weighted by molar-refractivity contribution is 7.99. The van der Waals surface area contributed by atoms with Crippen molar-refractivity contribution < 1.29 is 4.79 Å². The van der Waals surface area contributed by atoms with E-state index in [1.807, 2.05) is 32.0 Å². The fraction of sp³-hybridized carbons (Fsp3) is 0.500. The van der Waals surface area contributed by atoms with E-state index in [4.69, 9.17) is 0 Å². The van der Waals surface area contributed by atoms with E-state index < -0.39 is 0 Å². The molecule has 0 N–H and O–H groups in total. The molecule has 0 spiro atoms. The first-order valence-corrected chi connectivity index (χ1v) is 6.84. The molecule has 1 aromatic carbocycles. The van der Waals surface area contributed by atoms with Gasteiger partial charge in [0, 0.05) is 5.56 Å². The number of benzene rings is 1. The highest BCUT2D eigenvalue weighted by Gasteiger charge is 2.09. The van der Waals surface area contributed by atoms with Crippen LogP contribution in [-0.4, -0.2) is 17.3 Å². The molecule has 0 aliphatic rings. The van der Waals surface area contributed by atoms with Crippen molar-refractivity contribution in [1.29, 1.82) is 0 Å². The molecule has 0 aromatic heterocycles. The molecule has 0 saturated carbocycles. The largest absolute Gasteiger partial charge is 0.293 e. The smallest absolute Gasteiger partial charge is 0.172 e. The van der Waals surface area contributed by atoms with Gasteiger partial charge in [0.2, 0.25) is 0 Å². The summed E-state index contributed by atoms with van der Waals surface area (Å²) in [4.78, 5) is 12.0. The number of thioether (sulfide) groups is 1. The lowest BCUT2D eigenvalue weighted by atomic mass is 10.0. The quantitative estimate of drug-likeness (QED) is 0.722. The molecule has 0 aliphatic heterocycles. The molecule has 0 amide bonds. The van der Waals surface area contributed by atoms with Crippen molar-refractivity contribution in [2.45, 2.75) is 27.7 Å². The molecule has 16 heavy (non-hydrogen) atoms. The first-order valence-electron chi connectivity index (χ1n) is 5.69. The third-order valence-corrected chi connectivity index (χ3v) is 3.75. The number of hydrogen-bond acceptors (Lipinski definition) is 2. The Kier molecular flexibility index (Phi) is 5.07. The summed E-state index contributed by atoms with van der Waals surface area (Å²) in [5, 5.41) is 0. The second kappa shape index (κ2) is 6.09. The van der Waals surface area contributed by atoms with Crippen LogP contribution >= 0.6 is 11.8 Å². The molecule has 0 saturated heterocycles. The zero-order valence-electron chi connectivity index (χ0n) is 10.5. The molecule has 2 heteroatoms. The van der Waals surface area contributed by atoms with Crippen molar-refractivity contribution in [2.75, 3.05) is 11.5 Å². The first-order chi connectivity index (χ1) is 7.50. The molecule has 0 radical (unpaired) electrons. The maximum Gasteiger partial charge on any atom is 0.172 e. The van der Waals surface area contributed by atoms with Crippen molar-refractivity contribution in [3.05, 3.63) is 34.9 Å². The Balaban J connectivity index is 2.62. The summed E-state index contributed by atoms with van der Waals surface area (Å²) in [5.74, 6) is 2.56. The third kappa shape index (κ3) is 4.01. The maximum absolute atomic E-state index is 12.0. The molecular weight excluding hydrogens is 216 g/mol. The van der Waals surface area contributed by atoms with Crippen molar-refractivity contribution in [3.8, 4) is 0 Å². The molecule has 0 atom stereocenters. The SMILES string of the molecule is Cc1ccc(C)c(C(=O)CSCC(C)C)c1. The molecule has 88 valence electrons. The van der Waals surface area contributed by atoms with Gasteiger partial charge < -0.3 is 0 Å². The zero-order valence-corrected chi connectivity index (χ0v) is 11.4. The highest BCUT2D eigenvalue weighted by Crippen LogP contribution is 2.15. The number of Topliss-reactive ketones (excluding diaryl/α,β-unsaturated/α-hetero) is 1. The second-order valence-electron chi connectivity index (χ2n) is 4.65. The van der Waals surface area contributed by atoms with E-state index in [1.165, 1.54) is 0 Å². The lowest BCUT2D eigenvalue weighted by Crippen LogP contribution is -2.06. The standard InChI is InChI=1S/C14H20OS/c1-10(2)8-16-9-14(15)13-7-11(3)5-6-12(13)4/h5-7,10H,8-9H2,1-4H3. The van der Waals surface area contributed by atoms with Crippen LogP contribution in [0.2, 0.25) is 0 Å². The van der Waals surface area contributed by atoms with Crippen LogP contribution in [0.25, 0.3) is 0 Å². The van der Waals surface area contributed by atoms with Crippen molar-refractivity contribution in [3.63, 3.8) is 0 Å². The maximum atomic E-state index is 12.0. The van der Waals surface area contributed by atoms with E-state index in [0.29, 0.717) is 11.7 Å². The Morgan fingerprint density at radius 1 is 1.31 bits per heavy atom. The minimum atomic E-state index is 0.256. The Hall–Kier alpha value is -0.760. The summed E-state index contributed by atoms with van der Waals surface area (Å²) >= 11 is 1.73. The van der Waals surface area contributed by atoms with Gasteiger partial charge in [-0.3, -0.25) is 4.79 Å². The summed E-state index contributed by atoms with van der Waals surface area (Å²) in [6, 6.07) is 6.07. The molecule has 1 aromatic rings. The topological polar surface area (TPSA) is 17.1 Å². The van der Waals surface area contributed by atoms with Crippen LogP contribution in [0.5, 0.6) is 0 Å². The lowest BCUT2D eigenvalue weighted by Gasteiger charge is -2.07. The zero-order chi connectivity index (χ0) is 12.1. The van der Waals surface area contributed by atoms with Gasteiger partial charge in [-0.1, -0.05) is 31.5 Å². The van der Waals surface area contributed by atoms with Crippen LogP contribution < -0.4 is 0 Å². The van der Waals surface area contributed by atoms with Crippen LogP contribution in [0, 0.1) is 19.8 Å². The summed E-state index contributed by atoms with van der Waals surface area (Å²) < 4.78 is 0. The predicted octanol–water partition coefficient (Wildman–Crippen LogP) is 3.88. The van der Waals surface area contributed by atoms with Crippen LogP contribution in [0.4, 0.5) is 0 Å². The number of aryl methyl sites for hydroxylation is 2. The molecule has 1 nitrogen and oxygen atoms in total. The van der Waals surface area contributed by atoms with Gasteiger partial charge in [0.05, 0.1) is 5.75 Å². The van der Waals surface area contributed by atoms with Gasteiger partial charge in [0.15, 0.2) is 5.78 Å². The number of ketones is 1. The molecule has 0 heterocycles. The van der Waals surface area contributed by atoms with Crippen LogP contribution in [0.15, 0.2) is 18.2 Å².